The lowest BCUT2D eigenvalue weighted by molar-refractivity contribution is 0.646. The summed E-state index contributed by atoms with van der Waals surface area (Å²) in [6.07, 6.45) is 1.53. The molecule has 84 valence electrons. The van der Waals surface area contributed by atoms with Crippen LogP contribution in [0, 0.1) is 13.8 Å². The lowest BCUT2D eigenvalue weighted by atomic mass is 9.99. The van der Waals surface area contributed by atoms with Gasteiger partial charge in [-0.1, -0.05) is 23.8 Å². The number of hydrogen-bond donors (Lipinski definition) is 2. The molecule has 16 heavy (non-hydrogen) atoms. The fraction of sp³-hybridized carbons (Fsp3) is 0.333. The second-order valence-corrected chi connectivity index (χ2v) is 3.95. The highest BCUT2D eigenvalue weighted by Gasteiger charge is 2.16. The van der Waals surface area contributed by atoms with Gasteiger partial charge in [0.25, 0.3) is 0 Å². The molecule has 0 aliphatic carbocycles. The quantitative estimate of drug-likeness (QED) is 0.821. The van der Waals surface area contributed by atoms with Gasteiger partial charge in [-0.05, 0) is 32.0 Å². The highest BCUT2D eigenvalue weighted by atomic mass is 15.2. The number of nitrogens with one attached hydrogen (secondary N) is 2. The Labute approximate surface area is 95.1 Å². The van der Waals surface area contributed by atoms with Crippen molar-refractivity contribution in [2.24, 2.45) is 0 Å². The number of aryl methyl sites for hydroxylation is 2. The Hall–Kier alpha value is -1.68. The molecule has 2 N–H and O–H groups in total. The zero-order valence-corrected chi connectivity index (χ0v) is 9.78. The Balaban J connectivity index is 2.41. The van der Waals surface area contributed by atoms with Crippen molar-refractivity contribution in [2.45, 2.75) is 19.9 Å². The standard InChI is InChI=1S/C12H16N4/c1-8-4-5-10(9(2)6-8)11(13-3)12-14-7-15-16-12/h4-7,11,13H,1-3H3,(H,14,15,16). The molecule has 0 saturated heterocycles. The summed E-state index contributed by atoms with van der Waals surface area (Å²) in [5.41, 5.74) is 3.76. The molecule has 1 unspecified atom stereocenters. The van der Waals surface area contributed by atoms with Gasteiger partial charge in [-0.15, -0.1) is 0 Å². The summed E-state index contributed by atoms with van der Waals surface area (Å²) in [4.78, 5) is 4.20. The van der Waals surface area contributed by atoms with Crippen LogP contribution in [0.5, 0.6) is 0 Å². The molecule has 0 aliphatic rings. The van der Waals surface area contributed by atoms with Gasteiger partial charge in [-0.3, -0.25) is 5.10 Å². The van der Waals surface area contributed by atoms with Gasteiger partial charge in [0.15, 0.2) is 0 Å². The first-order valence-electron chi connectivity index (χ1n) is 5.32. The van der Waals surface area contributed by atoms with E-state index in [0.29, 0.717) is 0 Å². The molecule has 4 nitrogen and oxygen atoms in total. The Morgan fingerprint density at radius 2 is 2.12 bits per heavy atom. The van der Waals surface area contributed by atoms with E-state index in [4.69, 9.17) is 0 Å². The first-order valence-corrected chi connectivity index (χ1v) is 5.32. The molecule has 1 aromatic carbocycles. The molecule has 0 fully saturated rings. The summed E-state index contributed by atoms with van der Waals surface area (Å²) in [5.74, 6) is 0.842. The molecule has 1 atom stereocenters. The van der Waals surface area contributed by atoms with Gasteiger partial charge in [0.05, 0.1) is 6.04 Å². The summed E-state index contributed by atoms with van der Waals surface area (Å²) >= 11 is 0. The summed E-state index contributed by atoms with van der Waals surface area (Å²) in [6.45, 7) is 4.21. The monoisotopic (exact) mass is 216 g/mol. The van der Waals surface area contributed by atoms with Crippen molar-refractivity contribution in [1.82, 2.24) is 20.5 Å². The SMILES string of the molecule is CNC(c1ncn[nH]1)c1ccc(C)cc1C. The predicted octanol–water partition coefficient (Wildman–Crippen LogP) is 1.73. The van der Waals surface area contributed by atoms with Crippen LogP contribution >= 0.6 is 0 Å². The molecular formula is C12H16N4. The van der Waals surface area contributed by atoms with E-state index in [1.807, 2.05) is 7.05 Å². The van der Waals surface area contributed by atoms with E-state index in [1.54, 1.807) is 0 Å². The molecule has 0 amide bonds. The lowest BCUT2D eigenvalue weighted by Gasteiger charge is -2.16. The van der Waals surface area contributed by atoms with Crippen LogP contribution in [0.1, 0.15) is 28.6 Å². The third-order valence-electron chi connectivity index (χ3n) is 2.73. The third kappa shape index (κ3) is 1.97. The maximum atomic E-state index is 4.20. The number of hydrogen-bond acceptors (Lipinski definition) is 3. The molecule has 1 aromatic heterocycles. The minimum atomic E-state index is 0.0723. The smallest absolute Gasteiger partial charge is 0.145 e. The highest BCUT2D eigenvalue weighted by molar-refractivity contribution is 5.35. The van der Waals surface area contributed by atoms with E-state index in [2.05, 4.69) is 52.5 Å². The first-order chi connectivity index (χ1) is 7.72. The average Bonchev–Trinajstić information content (AvgIpc) is 2.75. The topological polar surface area (TPSA) is 53.6 Å². The molecule has 0 saturated carbocycles. The number of aromatic amines is 1. The summed E-state index contributed by atoms with van der Waals surface area (Å²) in [6, 6.07) is 6.50. The number of aromatic nitrogens is 3. The van der Waals surface area contributed by atoms with Crippen molar-refractivity contribution in [3.05, 3.63) is 47.0 Å². The first kappa shape index (κ1) is 10.8. The van der Waals surface area contributed by atoms with Crippen LogP contribution in [-0.2, 0) is 0 Å². The van der Waals surface area contributed by atoms with Crippen LogP contribution in [-0.4, -0.2) is 22.2 Å². The van der Waals surface area contributed by atoms with Crippen LogP contribution in [0.3, 0.4) is 0 Å². The largest absolute Gasteiger partial charge is 0.307 e. The fourth-order valence-electron chi connectivity index (χ4n) is 1.94. The highest BCUT2D eigenvalue weighted by Crippen LogP contribution is 2.22. The summed E-state index contributed by atoms with van der Waals surface area (Å²) in [7, 11) is 1.92. The van der Waals surface area contributed by atoms with E-state index >= 15 is 0 Å². The maximum absolute atomic E-state index is 4.20. The third-order valence-corrected chi connectivity index (χ3v) is 2.73. The van der Waals surface area contributed by atoms with Gasteiger partial charge in [-0.2, -0.15) is 5.10 Å². The summed E-state index contributed by atoms with van der Waals surface area (Å²) in [5, 5.41) is 10.0. The zero-order valence-electron chi connectivity index (χ0n) is 9.78. The van der Waals surface area contributed by atoms with Crippen LogP contribution in [0.25, 0.3) is 0 Å². The average molecular weight is 216 g/mol. The van der Waals surface area contributed by atoms with Crippen molar-refractivity contribution in [3.63, 3.8) is 0 Å². The minimum absolute atomic E-state index is 0.0723. The Bertz CT molecular complexity index is 462. The fourth-order valence-corrected chi connectivity index (χ4v) is 1.94. The van der Waals surface area contributed by atoms with Crippen LogP contribution in [0.2, 0.25) is 0 Å². The van der Waals surface area contributed by atoms with Gasteiger partial charge in [0.2, 0.25) is 0 Å². The van der Waals surface area contributed by atoms with Gasteiger partial charge >= 0.3 is 0 Å². The zero-order chi connectivity index (χ0) is 11.5. The van der Waals surface area contributed by atoms with E-state index in [0.717, 1.165) is 5.82 Å². The number of rotatable bonds is 3. The van der Waals surface area contributed by atoms with Crippen molar-refractivity contribution >= 4 is 0 Å². The molecule has 0 radical (unpaired) electrons. The minimum Gasteiger partial charge on any atom is -0.307 e. The molecule has 2 rings (SSSR count). The summed E-state index contributed by atoms with van der Waals surface area (Å²) < 4.78 is 0. The molecule has 0 bridgehead atoms. The maximum Gasteiger partial charge on any atom is 0.145 e. The van der Waals surface area contributed by atoms with Gasteiger partial charge < -0.3 is 5.32 Å². The lowest BCUT2D eigenvalue weighted by Crippen LogP contribution is -2.20. The van der Waals surface area contributed by atoms with Crippen molar-refractivity contribution in [2.75, 3.05) is 7.05 Å². The van der Waals surface area contributed by atoms with Gasteiger partial charge in [0.1, 0.15) is 12.2 Å². The van der Waals surface area contributed by atoms with Gasteiger partial charge in [0, 0.05) is 0 Å². The van der Waals surface area contributed by atoms with Crippen LogP contribution in [0.15, 0.2) is 24.5 Å². The van der Waals surface area contributed by atoms with Crippen LogP contribution in [0.4, 0.5) is 0 Å². The predicted molar refractivity (Wildman–Crippen MR) is 63.2 cm³/mol. The molecular weight excluding hydrogens is 200 g/mol. The van der Waals surface area contributed by atoms with Gasteiger partial charge in [-0.25, -0.2) is 4.98 Å². The van der Waals surface area contributed by atoms with E-state index in [1.165, 1.54) is 23.0 Å². The molecule has 2 aromatic rings. The van der Waals surface area contributed by atoms with E-state index in [9.17, 15) is 0 Å². The number of benzene rings is 1. The Morgan fingerprint density at radius 3 is 2.69 bits per heavy atom. The molecule has 4 heteroatoms. The van der Waals surface area contributed by atoms with Crippen LogP contribution < -0.4 is 5.32 Å². The Morgan fingerprint density at radius 1 is 1.31 bits per heavy atom. The van der Waals surface area contributed by atoms with Crippen molar-refractivity contribution in [3.8, 4) is 0 Å². The number of nitrogens with zero attached hydrogens (tertiary/aromatic N) is 2. The second-order valence-electron chi connectivity index (χ2n) is 3.95. The Kier molecular flexibility index (Phi) is 3.01. The normalized spacial score (nSPS) is 12.7. The molecule has 1 heterocycles. The van der Waals surface area contributed by atoms with Crippen molar-refractivity contribution in [1.29, 1.82) is 0 Å². The van der Waals surface area contributed by atoms with E-state index in [-0.39, 0.29) is 6.04 Å². The molecule has 0 spiro atoms. The number of H-pyrrole nitrogens is 1. The van der Waals surface area contributed by atoms with Crippen molar-refractivity contribution < 1.29 is 0 Å². The molecule has 0 aliphatic heterocycles. The van der Waals surface area contributed by atoms with E-state index < -0.39 is 0 Å². The second kappa shape index (κ2) is 4.45.